The third kappa shape index (κ3) is 1.32. The molecule has 2 radical (unpaired) electrons. The van der Waals surface area contributed by atoms with Crippen molar-refractivity contribution in [3.63, 3.8) is 0 Å². The summed E-state index contributed by atoms with van der Waals surface area (Å²) < 4.78 is 0. The molecule has 0 saturated heterocycles. The first-order chi connectivity index (χ1) is 5.97. The molecule has 0 aromatic carbocycles. The molecule has 0 aliphatic rings. The molecule has 0 N–H and O–H groups in total. The molecule has 0 spiro atoms. The van der Waals surface area contributed by atoms with Crippen LogP contribution in [0.25, 0.3) is 11.3 Å². The second-order valence-electron chi connectivity index (χ2n) is 2.29. The third-order valence-electron chi connectivity index (χ3n) is 1.48. The van der Waals surface area contributed by atoms with Gasteiger partial charge in [0.1, 0.15) is 0 Å². The van der Waals surface area contributed by atoms with E-state index in [0.717, 1.165) is 11.3 Å². The lowest BCUT2D eigenvalue weighted by molar-refractivity contribution is 1.27. The minimum Gasteiger partial charge on any atom is -0.264 e. The van der Waals surface area contributed by atoms with Gasteiger partial charge < -0.3 is 0 Å². The largest absolute Gasteiger partial charge is 0.264 e. The summed E-state index contributed by atoms with van der Waals surface area (Å²) in [6.45, 7) is 0. The highest BCUT2D eigenvalue weighted by atomic mass is 14.7. The van der Waals surface area contributed by atoms with Gasteiger partial charge in [-0.2, -0.15) is 0 Å². The zero-order valence-corrected chi connectivity index (χ0v) is 6.36. The molecule has 0 amide bonds. The van der Waals surface area contributed by atoms with Crippen LogP contribution in [0.3, 0.4) is 0 Å². The molecule has 0 aliphatic heterocycles. The van der Waals surface area contributed by atoms with Gasteiger partial charge in [-0.15, -0.1) is 0 Å². The summed E-state index contributed by atoms with van der Waals surface area (Å²) in [5, 5.41) is 0. The minimum absolute atomic E-state index is 0.852. The normalized spacial score (nSPS) is 9.67. The van der Waals surface area contributed by atoms with Crippen molar-refractivity contribution in [2.75, 3.05) is 0 Å². The van der Waals surface area contributed by atoms with Gasteiger partial charge in [0.15, 0.2) is 0 Å². The summed E-state index contributed by atoms with van der Waals surface area (Å²) >= 11 is 0. The molecule has 2 heterocycles. The van der Waals surface area contributed by atoms with Crippen LogP contribution in [0.5, 0.6) is 0 Å². The van der Waals surface area contributed by atoms with E-state index in [1.54, 1.807) is 30.7 Å². The smallest absolute Gasteiger partial charge is 0.0729 e. The Kier molecular flexibility index (Phi) is 1.82. The Morgan fingerprint density at radius 2 is 2.17 bits per heavy atom. The zero-order chi connectivity index (χ0) is 8.23. The molecule has 0 atom stereocenters. The molecular weight excluding hydrogens is 148 g/mol. The molecule has 2 heteroatoms. The quantitative estimate of drug-likeness (QED) is 0.625. The molecule has 0 bridgehead atoms. The van der Waals surface area contributed by atoms with E-state index < -0.39 is 0 Å². The summed E-state index contributed by atoms with van der Waals surface area (Å²) in [5.74, 6) is 0. The number of rotatable bonds is 1. The molecule has 0 unspecified atom stereocenters. The highest BCUT2D eigenvalue weighted by molar-refractivity contribution is 5.55. The second kappa shape index (κ2) is 3.13. The number of nitrogens with zero attached hydrogens (tertiary/aromatic N) is 2. The zero-order valence-electron chi connectivity index (χ0n) is 6.36. The number of pyridine rings is 2. The second-order valence-corrected chi connectivity index (χ2v) is 2.29. The summed E-state index contributed by atoms with van der Waals surface area (Å²) in [4.78, 5) is 8.12. The average Bonchev–Trinajstić information content (AvgIpc) is 2.21. The molecule has 0 fully saturated rings. The van der Waals surface area contributed by atoms with Crippen LogP contribution in [0.4, 0.5) is 0 Å². The van der Waals surface area contributed by atoms with Crippen LogP contribution < -0.4 is 0 Å². The van der Waals surface area contributed by atoms with Crippen molar-refractivity contribution >= 4 is 0 Å². The standard InChI is InChI=1S/C10H6N2/c1-2-7-12-10(5-1)9-4-3-6-11-8-9/h2-3,5-8H. The van der Waals surface area contributed by atoms with Crippen molar-refractivity contribution in [1.29, 1.82) is 0 Å². The van der Waals surface area contributed by atoms with E-state index >= 15 is 0 Å². The Labute approximate surface area is 70.9 Å². The Bertz CT molecular complexity index is 305. The lowest BCUT2D eigenvalue weighted by Gasteiger charge is -1.95. The van der Waals surface area contributed by atoms with E-state index in [0.29, 0.717) is 0 Å². The van der Waals surface area contributed by atoms with E-state index in [1.807, 2.05) is 6.07 Å². The summed E-state index contributed by atoms with van der Waals surface area (Å²) in [6, 6.07) is 11.3. The van der Waals surface area contributed by atoms with Crippen molar-refractivity contribution in [1.82, 2.24) is 9.97 Å². The molecule has 2 nitrogen and oxygen atoms in total. The van der Waals surface area contributed by atoms with Crippen LogP contribution >= 0.6 is 0 Å². The molecule has 2 aromatic rings. The van der Waals surface area contributed by atoms with E-state index in [2.05, 4.69) is 22.1 Å². The maximum absolute atomic E-state index is 4.15. The van der Waals surface area contributed by atoms with Crippen LogP contribution in [0, 0.1) is 12.1 Å². The first-order valence-corrected chi connectivity index (χ1v) is 3.61. The van der Waals surface area contributed by atoms with Crippen molar-refractivity contribution < 1.29 is 0 Å². The van der Waals surface area contributed by atoms with Gasteiger partial charge in [-0.1, -0.05) is 0 Å². The molecule has 2 rings (SSSR count). The molecule has 0 aliphatic carbocycles. The van der Waals surface area contributed by atoms with E-state index in [4.69, 9.17) is 0 Å². The fraction of sp³-hybridized carbons (Fsp3) is 0. The molecular formula is C10H6N2. The Balaban J connectivity index is 2.46. The van der Waals surface area contributed by atoms with Crippen molar-refractivity contribution in [3.8, 4) is 11.3 Å². The SMILES string of the molecule is [c]1ccnc(-c2[c]ccnc2)c1. The summed E-state index contributed by atoms with van der Waals surface area (Å²) in [7, 11) is 0. The number of hydrogen-bond acceptors (Lipinski definition) is 2. The van der Waals surface area contributed by atoms with Crippen LogP contribution in [0.1, 0.15) is 0 Å². The van der Waals surface area contributed by atoms with Crippen LogP contribution in [-0.2, 0) is 0 Å². The van der Waals surface area contributed by atoms with E-state index in [1.165, 1.54) is 0 Å². The number of hydrogen-bond donors (Lipinski definition) is 0. The van der Waals surface area contributed by atoms with Gasteiger partial charge >= 0.3 is 0 Å². The fourth-order valence-corrected chi connectivity index (χ4v) is 0.937. The van der Waals surface area contributed by atoms with Gasteiger partial charge in [0, 0.05) is 24.2 Å². The van der Waals surface area contributed by atoms with Crippen LogP contribution in [0.15, 0.2) is 36.8 Å². The van der Waals surface area contributed by atoms with Crippen LogP contribution in [-0.4, -0.2) is 9.97 Å². The van der Waals surface area contributed by atoms with Gasteiger partial charge in [0.05, 0.1) is 5.69 Å². The van der Waals surface area contributed by atoms with Crippen molar-refractivity contribution in [2.24, 2.45) is 0 Å². The van der Waals surface area contributed by atoms with E-state index in [9.17, 15) is 0 Å². The summed E-state index contributed by atoms with van der Waals surface area (Å²) in [6.07, 6.45) is 5.13. The maximum atomic E-state index is 4.15. The number of aromatic nitrogens is 2. The Morgan fingerprint density at radius 3 is 2.83 bits per heavy atom. The molecule has 56 valence electrons. The van der Waals surface area contributed by atoms with E-state index in [-0.39, 0.29) is 0 Å². The fourth-order valence-electron chi connectivity index (χ4n) is 0.937. The highest BCUT2D eigenvalue weighted by Crippen LogP contribution is 2.11. The van der Waals surface area contributed by atoms with Gasteiger partial charge in [-0.25, -0.2) is 0 Å². The third-order valence-corrected chi connectivity index (χ3v) is 1.48. The topological polar surface area (TPSA) is 25.8 Å². The predicted molar refractivity (Wildman–Crippen MR) is 45.1 cm³/mol. The first kappa shape index (κ1) is 6.98. The van der Waals surface area contributed by atoms with Gasteiger partial charge in [-0.05, 0) is 30.3 Å². The highest BCUT2D eigenvalue weighted by Gasteiger charge is 1.95. The summed E-state index contributed by atoms with van der Waals surface area (Å²) in [5.41, 5.74) is 1.75. The Hall–Kier alpha value is -1.70. The molecule has 0 saturated carbocycles. The maximum Gasteiger partial charge on any atom is 0.0729 e. The molecule has 12 heavy (non-hydrogen) atoms. The lowest BCUT2D eigenvalue weighted by atomic mass is 10.2. The minimum atomic E-state index is 0.852. The van der Waals surface area contributed by atoms with Gasteiger partial charge in [-0.3, -0.25) is 9.97 Å². The van der Waals surface area contributed by atoms with Gasteiger partial charge in [0.25, 0.3) is 0 Å². The first-order valence-electron chi connectivity index (χ1n) is 3.61. The lowest BCUT2D eigenvalue weighted by Crippen LogP contribution is -1.82. The average molecular weight is 154 g/mol. The van der Waals surface area contributed by atoms with Crippen LogP contribution in [0.2, 0.25) is 0 Å². The van der Waals surface area contributed by atoms with Crippen molar-refractivity contribution in [2.45, 2.75) is 0 Å². The monoisotopic (exact) mass is 154 g/mol. The predicted octanol–water partition coefficient (Wildman–Crippen LogP) is 1.74. The van der Waals surface area contributed by atoms with Crippen molar-refractivity contribution in [3.05, 3.63) is 48.9 Å². The Morgan fingerprint density at radius 1 is 1.17 bits per heavy atom. The van der Waals surface area contributed by atoms with Gasteiger partial charge in [0.2, 0.25) is 0 Å². The molecule has 2 aromatic heterocycles.